The summed E-state index contributed by atoms with van der Waals surface area (Å²) in [5.41, 5.74) is 7.41. The molecule has 2 aromatic heterocycles. The summed E-state index contributed by atoms with van der Waals surface area (Å²) in [6.45, 7) is 11.9. The van der Waals surface area contributed by atoms with Crippen LogP contribution in [0.25, 0.3) is 11.3 Å². The molecule has 1 unspecified atom stereocenters. The van der Waals surface area contributed by atoms with Gasteiger partial charge in [-0.2, -0.15) is 5.10 Å². The third-order valence-electron chi connectivity index (χ3n) is 7.29. The Kier molecular flexibility index (Phi) is 7.49. The van der Waals surface area contributed by atoms with Gasteiger partial charge >= 0.3 is 0 Å². The highest BCUT2D eigenvalue weighted by Crippen LogP contribution is 2.31. The number of carbonyl (C=O) groups excluding carboxylic acids is 2. The number of nitrogens with zero attached hydrogens (tertiary/aromatic N) is 4. The number of benzene rings is 1. The van der Waals surface area contributed by atoms with Crippen molar-refractivity contribution in [2.24, 2.45) is 5.41 Å². The van der Waals surface area contributed by atoms with Gasteiger partial charge in [-0.05, 0) is 68.9 Å². The average molecular weight is 499 g/mol. The van der Waals surface area contributed by atoms with Gasteiger partial charge in [-0.15, -0.1) is 0 Å². The first-order valence-electron chi connectivity index (χ1n) is 13.0. The zero-order valence-corrected chi connectivity index (χ0v) is 23.1. The van der Waals surface area contributed by atoms with E-state index in [4.69, 9.17) is 4.98 Å². The van der Waals surface area contributed by atoms with Crippen LogP contribution in [0, 0.1) is 26.2 Å². The maximum absolute atomic E-state index is 13.1. The molecular formula is C31H38N4O2. The Hall–Kier alpha value is -3.54. The maximum Gasteiger partial charge on any atom is 0.227 e. The smallest absolute Gasteiger partial charge is 0.227 e. The minimum atomic E-state index is -0.373. The molecule has 0 bridgehead atoms. The summed E-state index contributed by atoms with van der Waals surface area (Å²) < 4.78 is 1.81. The largest absolute Gasteiger partial charge is 0.342 e. The highest BCUT2D eigenvalue weighted by molar-refractivity contribution is 5.98. The van der Waals surface area contributed by atoms with Gasteiger partial charge in [-0.3, -0.25) is 14.6 Å². The SMILES string of the molecule is Cc1ccc(-n2ncc(C(=O)Cc3cnc(C4=CCC(N(C)C(=O)C(C)(C)C)CC4)c(C)c3)c2C)cc1. The van der Waals surface area contributed by atoms with Crippen molar-refractivity contribution in [3.63, 3.8) is 0 Å². The van der Waals surface area contributed by atoms with Gasteiger partial charge in [-0.25, -0.2) is 4.68 Å². The molecule has 3 aromatic rings. The molecule has 1 aromatic carbocycles. The maximum atomic E-state index is 13.1. The minimum Gasteiger partial charge on any atom is -0.342 e. The van der Waals surface area contributed by atoms with Crippen molar-refractivity contribution in [2.75, 3.05) is 7.05 Å². The predicted molar refractivity (Wildman–Crippen MR) is 148 cm³/mol. The van der Waals surface area contributed by atoms with Crippen LogP contribution in [0.3, 0.4) is 0 Å². The molecule has 1 atom stereocenters. The van der Waals surface area contributed by atoms with E-state index in [9.17, 15) is 9.59 Å². The van der Waals surface area contributed by atoms with Crippen molar-refractivity contribution >= 4 is 17.3 Å². The number of Topliss-reactive ketones (excluding diaryl/α,β-unsaturated/α-hetero) is 1. The van der Waals surface area contributed by atoms with Crippen LogP contribution in [0.2, 0.25) is 0 Å². The third kappa shape index (κ3) is 5.74. The second kappa shape index (κ2) is 10.4. The standard InChI is InChI=1S/C31H38N4O2/c1-20-8-12-26(13-9-20)35-22(3)27(19-33-35)28(36)17-23-16-21(2)29(32-18-23)24-10-14-25(15-11-24)34(7)30(37)31(4,5)6/h8-10,12-13,16,18-19,25H,11,14-15,17H2,1-7H3. The van der Waals surface area contributed by atoms with E-state index in [2.05, 4.69) is 24.2 Å². The predicted octanol–water partition coefficient (Wildman–Crippen LogP) is 6.06. The Morgan fingerprint density at radius 1 is 1.08 bits per heavy atom. The number of rotatable bonds is 6. The molecule has 2 heterocycles. The summed E-state index contributed by atoms with van der Waals surface area (Å²) in [7, 11) is 1.92. The van der Waals surface area contributed by atoms with Crippen LogP contribution in [0.4, 0.5) is 0 Å². The van der Waals surface area contributed by atoms with Gasteiger partial charge in [0.05, 0.1) is 28.8 Å². The van der Waals surface area contributed by atoms with Gasteiger partial charge in [0.25, 0.3) is 0 Å². The Balaban J connectivity index is 1.44. The molecule has 0 saturated heterocycles. The van der Waals surface area contributed by atoms with Crippen molar-refractivity contribution in [3.8, 4) is 5.69 Å². The summed E-state index contributed by atoms with van der Waals surface area (Å²) in [5, 5.41) is 4.46. The summed E-state index contributed by atoms with van der Waals surface area (Å²) in [4.78, 5) is 32.5. The molecule has 0 N–H and O–H groups in total. The van der Waals surface area contributed by atoms with Crippen LogP contribution in [0.1, 0.15) is 78.5 Å². The van der Waals surface area contributed by atoms with Crippen molar-refractivity contribution in [3.05, 3.63) is 82.4 Å². The van der Waals surface area contributed by atoms with E-state index >= 15 is 0 Å². The van der Waals surface area contributed by atoms with Gasteiger partial charge in [0, 0.05) is 31.1 Å². The normalized spacial score (nSPS) is 15.9. The number of hydrogen-bond acceptors (Lipinski definition) is 4. The molecule has 37 heavy (non-hydrogen) atoms. The number of amides is 1. The fourth-order valence-corrected chi connectivity index (χ4v) is 5.06. The van der Waals surface area contributed by atoms with Crippen molar-refractivity contribution in [2.45, 2.75) is 73.3 Å². The number of hydrogen-bond donors (Lipinski definition) is 0. The Bertz CT molecular complexity index is 1340. The van der Waals surface area contributed by atoms with Crippen LogP contribution in [-0.4, -0.2) is 44.4 Å². The van der Waals surface area contributed by atoms with Crippen LogP contribution < -0.4 is 0 Å². The highest BCUT2D eigenvalue weighted by atomic mass is 16.2. The molecule has 1 aliphatic rings. The lowest BCUT2D eigenvalue weighted by Gasteiger charge is -2.35. The summed E-state index contributed by atoms with van der Waals surface area (Å²) in [5.74, 6) is 0.216. The number of carbonyl (C=O) groups is 2. The van der Waals surface area contributed by atoms with Gasteiger partial charge in [0.2, 0.25) is 5.91 Å². The fourth-order valence-electron chi connectivity index (χ4n) is 5.06. The zero-order valence-electron chi connectivity index (χ0n) is 23.1. The van der Waals surface area contributed by atoms with E-state index in [1.807, 2.05) is 81.7 Å². The van der Waals surface area contributed by atoms with Crippen LogP contribution in [0.5, 0.6) is 0 Å². The minimum absolute atomic E-state index is 0.0380. The van der Waals surface area contributed by atoms with Crippen LogP contribution in [-0.2, 0) is 11.2 Å². The van der Waals surface area contributed by atoms with Crippen molar-refractivity contribution in [1.82, 2.24) is 19.7 Å². The molecule has 194 valence electrons. The van der Waals surface area contributed by atoms with Gasteiger partial charge in [0.1, 0.15) is 0 Å². The molecule has 0 radical (unpaired) electrons. The Morgan fingerprint density at radius 2 is 1.78 bits per heavy atom. The Labute approximate surface area is 220 Å². The first-order chi connectivity index (χ1) is 17.5. The second-order valence-corrected chi connectivity index (χ2v) is 11.3. The summed E-state index contributed by atoms with van der Waals surface area (Å²) in [6, 6.07) is 10.4. The van der Waals surface area contributed by atoms with E-state index < -0.39 is 0 Å². The first-order valence-corrected chi connectivity index (χ1v) is 13.0. The lowest BCUT2D eigenvalue weighted by atomic mass is 9.88. The topological polar surface area (TPSA) is 68.1 Å². The van der Waals surface area contributed by atoms with Crippen LogP contribution >= 0.6 is 0 Å². The summed E-state index contributed by atoms with van der Waals surface area (Å²) in [6.07, 6.45) is 8.64. The molecule has 0 fully saturated rings. The molecule has 6 nitrogen and oxygen atoms in total. The fraction of sp³-hybridized carbons (Fsp3) is 0.419. The lowest BCUT2D eigenvalue weighted by molar-refractivity contribution is -0.140. The third-order valence-corrected chi connectivity index (χ3v) is 7.29. The molecule has 0 spiro atoms. The van der Waals surface area contributed by atoms with Gasteiger partial charge in [0.15, 0.2) is 5.78 Å². The monoisotopic (exact) mass is 498 g/mol. The van der Waals surface area contributed by atoms with E-state index in [1.54, 1.807) is 6.20 Å². The number of pyridine rings is 1. The van der Waals surface area contributed by atoms with Crippen LogP contribution in [0.15, 0.2) is 48.8 Å². The van der Waals surface area contributed by atoms with E-state index in [1.165, 1.54) is 11.1 Å². The molecule has 1 aliphatic carbocycles. The highest BCUT2D eigenvalue weighted by Gasteiger charge is 2.30. The molecule has 1 amide bonds. The number of allylic oxidation sites excluding steroid dienone is 1. The lowest BCUT2D eigenvalue weighted by Crippen LogP contribution is -2.43. The second-order valence-electron chi connectivity index (χ2n) is 11.3. The van der Waals surface area contributed by atoms with E-state index in [0.29, 0.717) is 5.56 Å². The quantitative estimate of drug-likeness (QED) is 0.388. The molecule has 0 saturated carbocycles. The van der Waals surface area contributed by atoms with E-state index in [0.717, 1.165) is 47.5 Å². The first kappa shape index (κ1) is 26.5. The van der Waals surface area contributed by atoms with E-state index in [-0.39, 0.29) is 29.6 Å². The average Bonchev–Trinajstić information content (AvgIpc) is 3.24. The molecule has 4 rings (SSSR count). The number of aryl methyl sites for hydroxylation is 2. The van der Waals surface area contributed by atoms with Crippen molar-refractivity contribution in [1.29, 1.82) is 0 Å². The molecular weight excluding hydrogens is 460 g/mol. The van der Waals surface area contributed by atoms with Gasteiger partial charge in [-0.1, -0.05) is 50.6 Å². The molecule has 6 heteroatoms. The number of aromatic nitrogens is 3. The van der Waals surface area contributed by atoms with Crippen molar-refractivity contribution < 1.29 is 9.59 Å². The molecule has 0 aliphatic heterocycles. The summed E-state index contributed by atoms with van der Waals surface area (Å²) >= 11 is 0. The number of ketones is 1. The van der Waals surface area contributed by atoms with Gasteiger partial charge < -0.3 is 4.90 Å². The zero-order chi connectivity index (χ0) is 26.9. The Morgan fingerprint density at radius 3 is 2.38 bits per heavy atom.